The molecule has 0 radical (unpaired) electrons. The van der Waals surface area contributed by atoms with E-state index < -0.39 is 0 Å². The molecular weight excluding hydrogens is 400 g/mol. The predicted molar refractivity (Wildman–Crippen MR) is 143 cm³/mol. The van der Waals surface area contributed by atoms with Crippen molar-refractivity contribution in [1.29, 1.82) is 0 Å². The van der Waals surface area contributed by atoms with Gasteiger partial charge in [-0.05, 0) is 69.1 Å². The smallest absolute Gasteiger partial charge is 0.103 e. The molecule has 0 spiro atoms. The standard InChI is InChI=1S/C31H50N2/c1-2-6-10-14-20-30-22-18-27-33(28-30)25-17-13-9-5-3-7-11-15-21-31-23-19-26-32(29-31)24-16-12-8-4-1/h8,12,18-19,22-23,27,29H,1-7,9-11,13-17,20-21,24-26,28H2/p+2. The van der Waals surface area contributed by atoms with Crippen LogP contribution in [0, 0.1) is 0 Å². The van der Waals surface area contributed by atoms with E-state index in [-0.39, 0.29) is 0 Å². The van der Waals surface area contributed by atoms with Crippen molar-refractivity contribution in [3.8, 4) is 0 Å². The lowest BCUT2D eigenvalue weighted by Crippen LogP contribution is -3.08. The van der Waals surface area contributed by atoms with Crippen molar-refractivity contribution in [2.45, 2.75) is 109 Å². The van der Waals surface area contributed by atoms with Crippen LogP contribution in [-0.4, -0.2) is 26.2 Å². The largest absolute Gasteiger partial charge is 0.305 e. The van der Waals surface area contributed by atoms with E-state index in [2.05, 4.69) is 48.9 Å². The summed E-state index contributed by atoms with van der Waals surface area (Å²) in [4.78, 5) is 3.32. The summed E-state index contributed by atoms with van der Waals surface area (Å²) in [5.41, 5.74) is 3.26. The van der Waals surface area contributed by atoms with Gasteiger partial charge in [-0.25, -0.2) is 0 Å². The summed E-state index contributed by atoms with van der Waals surface area (Å²) in [6, 6.07) is 0. The van der Waals surface area contributed by atoms with Crippen LogP contribution in [0.3, 0.4) is 0 Å². The summed E-state index contributed by atoms with van der Waals surface area (Å²) in [6.45, 7) is 4.99. The van der Waals surface area contributed by atoms with Crippen LogP contribution in [0.1, 0.15) is 109 Å². The Morgan fingerprint density at radius 1 is 0.576 bits per heavy atom. The van der Waals surface area contributed by atoms with Gasteiger partial charge in [0.15, 0.2) is 0 Å². The molecule has 33 heavy (non-hydrogen) atoms. The van der Waals surface area contributed by atoms with Crippen molar-refractivity contribution in [3.05, 3.63) is 60.0 Å². The SMILES string of the molecule is C1=C[NH+]2CCCCCCCCCCC3=C[NH+](CC=C3)CCC=CCCCCCCCC(=C1)C2. The highest BCUT2D eigenvalue weighted by Gasteiger charge is 2.12. The van der Waals surface area contributed by atoms with Crippen LogP contribution in [0.15, 0.2) is 60.0 Å². The zero-order valence-corrected chi connectivity index (χ0v) is 21.5. The first-order chi connectivity index (χ1) is 16.4. The number of rotatable bonds is 0. The van der Waals surface area contributed by atoms with E-state index >= 15 is 0 Å². The highest BCUT2D eigenvalue weighted by atomic mass is 15.1. The Morgan fingerprint density at radius 2 is 1.27 bits per heavy atom. The number of quaternary nitrogens is 2. The van der Waals surface area contributed by atoms with Crippen LogP contribution < -0.4 is 9.80 Å². The zero-order chi connectivity index (χ0) is 22.8. The highest BCUT2D eigenvalue weighted by Crippen LogP contribution is 2.15. The zero-order valence-electron chi connectivity index (χ0n) is 21.5. The number of fused-ring (bicyclic) bond motifs is 3. The van der Waals surface area contributed by atoms with Crippen LogP contribution in [-0.2, 0) is 0 Å². The molecule has 0 aliphatic carbocycles. The van der Waals surface area contributed by atoms with E-state index in [9.17, 15) is 0 Å². The van der Waals surface area contributed by atoms with Crippen molar-refractivity contribution in [2.24, 2.45) is 0 Å². The minimum Gasteiger partial charge on any atom is -0.305 e. The van der Waals surface area contributed by atoms with Gasteiger partial charge in [0.1, 0.15) is 13.1 Å². The van der Waals surface area contributed by atoms with Crippen LogP contribution in [0.4, 0.5) is 0 Å². The van der Waals surface area contributed by atoms with Crippen LogP contribution in [0.5, 0.6) is 0 Å². The lowest BCUT2D eigenvalue weighted by atomic mass is 10.0. The molecule has 0 saturated carbocycles. The third kappa shape index (κ3) is 12.1. The normalized spacial score (nSPS) is 27.9. The second-order valence-corrected chi connectivity index (χ2v) is 10.6. The third-order valence-corrected chi connectivity index (χ3v) is 7.60. The Labute approximate surface area is 205 Å². The Kier molecular flexibility index (Phi) is 13.6. The average Bonchev–Trinajstić information content (AvgIpc) is 2.84. The van der Waals surface area contributed by atoms with Crippen molar-refractivity contribution in [2.75, 3.05) is 26.2 Å². The van der Waals surface area contributed by atoms with E-state index in [0.717, 1.165) is 0 Å². The molecule has 3 heterocycles. The summed E-state index contributed by atoms with van der Waals surface area (Å²) in [5, 5.41) is 0. The van der Waals surface area contributed by atoms with E-state index in [1.807, 2.05) is 0 Å². The van der Waals surface area contributed by atoms with Gasteiger partial charge in [0.05, 0.1) is 25.5 Å². The second-order valence-electron chi connectivity index (χ2n) is 10.6. The second kappa shape index (κ2) is 17.1. The van der Waals surface area contributed by atoms with Gasteiger partial charge in [-0.3, -0.25) is 0 Å². The number of hydrogen-bond acceptors (Lipinski definition) is 0. The molecule has 0 aromatic rings. The van der Waals surface area contributed by atoms with Crippen LogP contribution in [0.2, 0.25) is 0 Å². The molecule has 0 fully saturated rings. The summed E-state index contributed by atoms with van der Waals surface area (Å²) >= 11 is 0. The van der Waals surface area contributed by atoms with Crippen molar-refractivity contribution < 1.29 is 9.80 Å². The molecule has 184 valence electrons. The Hall–Kier alpha value is -1.38. The molecule has 0 aromatic carbocycles. The summed E-state index contributed by atoms with van der Waals surface area (Å²) in [7, 11) is 0. The number of allylic oxidation sites excluding steroid dienone is 5. The first-order valence-electron chi connectivity index (χ1n) is 14.5. The number of hydrogen-bond donors (Lipinski definition) is 2. The van der Waals surface area contributed by atoms with Crippen LogP contribution >= 0.6 is 0 Å². The average molecular weight is 453 g/mol. The van der Waals surface area contributed by atoms with Gasteiger partial charge in [-0.1, -0.05) is 75.7 Å². The fourth-order valence-electron chi connectivity index (χ4n) is 5.52. The lowest BCUT2D eigenvalue weighted by Gasteiger charge is -2.19. The minimum atomic E-state index is 1.17. The lowest BCUT2D eigenvalue weighted by molar-refractivity contribution is -0.842. The molecule has 2 nitrogen and oxygen atoms in total. The van der Waals surface area contributed by atoms with E-state index in [1.54, 1.807) is 20.9 Å². The Morgan fingerprint density at radius 3 is 2.12 bits per heavy atom. The molecule has 2 N–H and O–H groups in total. The molecule has 2 unspecified atom stereocenters. The maximum absolute atomic E-state index is 2.51. The number of nitrogens with one attached hydrogen (secondary N) is 2. The molecular formula is C31H52N2+2. The molecule has 0 aromatic heterocycles. The summed E-state index contributed by atoms with van der Waals surface area (Å²) < 4.78 is 0. The van der Waals surface area contributed by atoms with Gasteiger partial charge in [0, 0.05) is 12.0 Å². The first kappa shape index (κ1) is 26.2. The third-order valence-electron chi connectivity index (χ3n) is 7.60. The van der Waals surface area contributed by atoms with E-state index in [4.69, 9.17) is 0 Å². The molecule has 3 aliphatic rings. The van der Waals surface area contributed by atoms with Crippen molar-refractivity contribution >= 4 is 0 Å². The fraction of sp³-hybridized carbons (Fsp3) is 0.677. The van der Waals surface area contributed by atoms with Gasteiger partial charge in [-0.15, -0.1) is 0 Å². The van der Waals surface area contributed by atoms with Gasteiger partial charge in [-0.2, -0.15) is 0 Å². The van der Waals surface area contributed by atoms with Crippen molar-refractivity contribution in [1.82, 2.24) is 0 Å². The van der Waals surface area contributed by atoms with Gasteiger partial charge < -0.3 is 9.80 Å². The maximum atomic E-state index is 2.51. The minimum absolute atomic E-state index is 1.17. The molecule has 2 heteroatoms. The Bertz CT molecular complexity index is 666. The molecule has 0 saturated heterocycles. The molecule has 0 amide bonds. The molecule has 2 atom stereocenters. The monoisotopic (exact) mass is 452 g/mol. The van der Waals surface area contributed by atoms with Crippen LogP contribution in [0.25, 0.3) is 0 Å². The Balaban J connectivity index is 1.38. The summed E-state index contributed by atoms with van der Waals surface area (Å²) in [6.07, 6.45) is 42.6. The van der Waals surface area contributed by atoms with E-state index in [1.165, 1.54) is 135 Å². The van der Waals surface area contributed by atoms with Gasteiger partial charge in [0.25, 0.3) is 0 Å². The quantitative estimate of drug-likeness (QED) is 0.426. The molecule has 4 bridgehead atoms. The fourth-order valence-corrected chi connectivity index (χ4v) is 5.52. The van der Waals surface area contributed by atoms with Gasteiger partial charge in [0.2, 0.25) is 0 Å². The maximum Gasteiger partial charge on any atom is 0.103 e. The molecule has 3 aliphatic heterocycles. The van der Waals surface area contributed by atoms with E-state index in [0.29, 0.717) is 0 Å². The predicted octanol–water partition coefficient (Wildman–Crippen LogP) is 5.87. The van der Waals surface area contributed by atoms with Crippen molar-refractivity contribution in [3.63, 3.8) is 0 Å². The highest BCUT2D eigenvalue weighted by molar-refractivity contribution is 5.18. The van der Waals surface area contributed by atoms with Gasteiger partial charge >= 0.3 is 0 Å². The topological polar surface area (TPSA) is 8.88 Å². The summed E-state index contributed by atoms with van der Waals surface area (Å²) in [5.74, 6) is 0. The first-order valence-corrected chi connectivity index (χ1v) is 14.5. The molecule has 3 rings (SSSR count).